The molecule has 0 saturated carbocycles. The van der Waals surface area contributed by atoms with E-state index in [-0.39, 0.29) is 5.91 Å². The number of unbranched alkanes of at least 4 members (excludes halogenated alkanes) is 2. The molecule has 238 valence electrons. The van der Waals surface area contributed by atoms with Gasteiger partial charge in [0.25, 0.3) is 0 Å². The molecule has 0 bridgehead atoms. The number of azo groups is 1. The van der Waals surface area contributed by atoms with Crippen LogP contribution in [0.5, 0.6) is 0 Å². The fourth-order valence-corrected chi connectivity index (χ4v) is 5.78. The van der Waals surface area contributed by atoms with E-state index in [1.807, 2.05) is 42.5 Å². The molecule has 1 N–H and O–H groups in total. The third-order valence-electron chi connectivity index (χ3n) is 8.37. The van der Waals surface area contributed by atoms with Gasteiger partial charge in [-0.05, 0) is 75.7 Å². The van der Waals surface area contributed by atoms with E-state index in [0.29, 0.717) is 13.0 Å². The van der Waals surface area contributed by atoms with Crippen molar-refractivity contribution in [3.63, 3.8) is 0 Å². The number of hydrogen-bond donors (Lipinski definition) is 1. The summed E-state index contributed by atoms with van der Waals surface area (Å²) in [5, 5.41) is 12.2. The van der Waals surface area contributed by atoms with Crippen molar-refractivity contribution in [2.75, 3.05) is 42.5 Å². The number of carbonyl (C=O) groups is 1. The second-order valence-electron chi connectivity index (χ2n) is 11.4. The Morgan fingerprint density at radius 2 is 1.35 bits per heavy atom. The Bertz CT molecular complexity index is 1770. The Kier molecular flexibility index (Phi) is 11.3. The van der Waals surface area contributed by atoms with Gasteiger partial charge < -0.3 is 15.1 Å². The van der Waals surface area contributed by atoms with Crippen molar-refractivity contribution < 1.29 is 9.36 Å². The van der Waals surface area contributed by atoms with Gasteiger partial charge in [0.15, 0.2) is 0 Å². The maximum absolute atomic E-state index is 12.3. The van der Waals surface area contributed by atoms with Crippen molar-refractivity contribution in [1.29, 1.82) is 0 Å². The molecule has 0 fully saturated rings. The minimum atomic E-state index is 0.108. The predicted molar refractivity (Wildman–Crippen MR) is 190 cm³/mol. The number of aromatic nitrogens is 2. The molecule has 0 saturated heterocycles. The van der Waals surface area contributed by atoms with Crippen molar-refractivity contribution in [3.8, 4) is 5.69 Å². The average molecular weight is 617 g/mol. The van der Waals surface area contributed by atoms with Crippen LogP contribution in [0.15, 0.2) is 101 Å². The van der Waals surface area contributed by atoms with Crippen molar-refractivity contribution in [2.45, 2.75) is 53.4 Å². The lowest BCUT2D eigenvalue weighted by atomic mass is 10.1. The van der Waals surface area contributed by atoms with E-state index >= 15 is 0 Å². The molecular formula is C38H46N7O+. The van der Waals surface area contributed by atoms with Crippen LogP contribution in [0.3, 0.4) is 0 Å². The molecule has 4 aromatic carbocycles. The number of fused-ring (bicyclic) bond motifs is 2. The number of carbonyl (C=O) groups excluding carboxylic acids is 1. The molecule has 0 atom stereocenters. The van der Waals surface area contributed by atoms with E-state index in [1.54, 1.807) is 0 Å². The number of nitrogens with zero attached hydrogens (tertiary/aromatic N) is 6. The van der Waals surface area contributed by atoms with Crippen molar-refractivity contribution in [3.05, 3.63) is 91.0 Å². The van der Waals surface area contributed by atoms with E-state index in [0.717, 1.165) is 90.3 Å². The van der Waals surface area contributed by atoms with Crippen LogP contribution in [0.2, 0.25) is 0 Å². The first-order valence-corrected chi connectivity index (χ1v) is 16.7. The van der Waals surface area contributed by atoms with Gasteiger partial charge in [-0.1, -0.05) is 38.0 Å². The summed E-state index contributed by atoms with van der Waals surface area (Å²) in [7, 11) is 0. The van der Waals surface area contributed by atoms with Gasteiger partial charge in [-0.3, -0.25) is 4.79 Å². The molecule has 5 aromatic rings. The fraction of sp³-hybridized carbons (Fsp3) is 0.342. The third kappa shape index (κ3) is 7.86. The first-order chi connectivity index (χ1) is 22.5. The number of para-hydroxylation sites is 1. The van der Waals surface area contributed by atoms with Gasteiger partial charge in [-0.15, -0.1) is 4.57 Å². The Hall–Kier alpha value is -4.85. The Balaban J connectivity index is 1.38. The molecule has 8 heteroatoms. The lowest BCUT2D eigenvalue weighted by Gasteiger charge is -2.23. The molecule has 0 radical (unpaired) electrons. The number of rotatable bonds is 15. The molecule has 0 unspecified atom stereocenters. The number of benzene rings is 4. The lowest BCUT2D eigenvalue weighted by Crippen LogP contribution is -2.33. The molecule has 0 aliphatic heterocycles. The summed E-state index contributed by atoms with van der Waals surface area (Å²) >= 11 is 0. The van der Waals surface area contributed by atoms with Gasteiger partial charge in [0.1, 0.15) is 11.0 Å². The highest BCUT2D eigenvalue weighted by Crippen LogP contribution is 2.27. The zero-order valence-corrected chi connectivity index (χ0v) is 27.6. The summed E-state index contributed by atoms with van der Waals surface area (Å²) in [5.74, 6) is 0.108. The van der Waals surface area contributed by atoms with Crippen molar-refractivity contribution in [1.82, 2.24) is 10.3 Å². The van der Waals surface area contributed by atoms with E-state index in [4.69, 9.17) is 4.98 Å². The molecule has 1 amide bonds. The van der Waals surface area contributed by atoms with Gasteiger partial charge in [-0.25, -0.2) is 4.98 Å². The number of anilines is 2. The monoisotopic (exact) mass is 616 g/mol. The smallest absolute Gasteiger partial charge is 0.239 e. The highest BCUT2D eigenvalue weighted by molar-refractivity contribution is 5.85. The van der Waals surface area contributed by atoms with Crippen LogP contribution in [0.1, 0.15) is 53.4 Å². The highest BCUT2D eigenvalue weighted by atomic mass is 16.1. The van der Waals surface area contributed by atoms with Crippen LogP contribution in [0.4, 0.5) is 22.7 Å². The van der Waals surface area contributed by atoms with Gasteiger partial charge >= 0.3 is 0 Å². The van der Waals surface area contributed by atoms with Crippen molar-refractivity contribution >= 4 is 50.7 Å². The topological polar surface area (TPSA) is 77.1 Å². The molecule has 8 nitrogen and oxygen atoms in total. The normalized spacial score (nSPS) is 11.4. The number of nitrogens with one attached hydrogen (secondary N) is 1. The molecule has 5 rings (SSSR count). The minimum Gasteiger partial charge on any atom is -0.372 e. The SMILES string of the molecule is CCCCCNC(=O)CCN(CC)c1ccc(N=Nc2ccc3nc4ccc(N(CC)CC)cc4[n+](-c4ccccc4)c3c2)cc1. The van der Waals surface area contributed by atoms with Crippen molar-refractivity contribution in [2.24, 2.45) is 10.2 Å². The second kappa shape index (κ2) is 15.9. The first-order valence-electron chi connectivity index (χ1n) is 16.7. The van der Waals surface area contributed by atoms with Crippen LogP contribution in [-0.2, 0) is 4.79 Å². The maximum atomic E-state index is 12.3. The summed E-state index contributed by atoms with van der Waals surface area (Å²) in [4.78, 5) is 21.8. The summed E-state index contributed by atoms with van der Waals surface area (Å²) < 4.78 is 2.27. The lowest BCUT2D eigenvalue weighted by molar-refractivity contribution is -0.538. The third-order valence-corrected chi connectivity index (χ3v) is 8.37. The molecular weight excluding hydrogens is 570 g/mol. The summed E-state index contributed by atoms with van der Waals surface area (Å²) in [6, 6.07) is 31.0. The van der Waals surface area contributed by atoms with Gasteiger partial charge in [0.05, 0.1) is 11.4 Å². The summed E-state index contributed by atoms with van der Waals surface area (Å²) in [6.07, 6.45) is 3.81. The molecule has 0 spiro atoms. The zero-order valence-electron chi connectivity index (χ0n) is 27.6. The van der Waals surface area contributed by atoms with Crippen LogP contribution in [-0.4, -0.2) is 43.6 Å². The van der Waals surface area contributed by atoms with Crippen LogP contribution >= 0.6 is 0 Å². The number of amides is 1. The largest absolute Gasteiger partial charge is 0.372 e. The fourth-order valence-electron chi connectivity index (χ4n) is 5.78. The standard InChI is InChI=1S/C38H45N7O/c1-5-9-13-25-39-38(46)24-26-44(8-4)31-19-16-29(17-20-31)41-42-30-18-22-34-36(27-30)45(32-14-11-10-12-15-32)37-28-33(43(6-2)7-3)21-23-35(37)40-34/h10-12,14-23,27-28H,5-9,13,24-26H2,1-4H3/p+1. The van der Waals surface area contributed by atoms with Crippen LogP contribution in [0, 0.1) is 0 Å². The van der Waals surface area contributed by atoms with Gasteiger partial charge in [-0.2, -0.15) is 10.2 Å². The van der Waals surface area contributed by atoms with E-state index in [9.17, 15) is 4.79 Å². The Morgan fingerprint density at radius 3 is 2.04 bits per heavy atom. The second-order valence-corrected chi connectivity index (χ2v) is 11.4. The quantitative estimate of drug-likeness (QED) is 0.0554. The summed E-state index contributed by atoms with van der Waals surface area (Å²) in [6.45, 7) is 12.8. The average Bonchev–Trinajstić information content (AvgIpc) is 3.10. The highest BCUT2D eigenvalue weighted by Gasteiger charge is 2.21. The molecule has 1 heterocycles. The predicted octanol–water partition coefficient (Wildman–Crippen LogP) is 8.45. The maximum Gasteiger partial charge on any atom is 0.239 e. The van der Waals surface area contributed by atoms with E-state index < -0.39 is 0 Å². The molecule has 1 aromatic heterocycles. The Labute approximate surface area is 272 Å². The van der Waals surface area contributed by atoms with E-state index in [2.05, 4.69) is 106 Å². The number of hydrogen-bond acceptors (Lipinski definition) is 6. The minimum absolute atomic E-state index is 0.108. The molecule has 46 heavy (non-hydrogen) atoms. The summed E-state index contributed by atoms with van der Waals surface area (Å²) in [5.41, 5.74) is 8.67. The Morgan fingerprint density at radius 1 is 0.717 bits per heavy atom. The van der Waals surface area contributed by atoms with Gasteiger partial charge in [0, 0.05) is 74.8 Å². The molecule has 0 aliphatic rings. The van der Waals surface area contributed by atoms with Crippen LogP contribution < -0.4 is 19.7 Å². The van der Waals surface area contributed by atoms with Gasteiger partial charge in [0.2, 0.25) is 22.6 Å². The molecule has 0 aliphatic carbocycles. The van der Waals surface area contributed by atoms with Crippen LogP contribution in [0.25, 0.3) is 27.8 Å². The first kappa shape index (κ1) is 32.5. The zero-order chi connectivity index (χ0) is 32.3. The van der Waals surface area contributed by atoms with E-state index in [1.165, 1.54) is 5.69 Å².